The highest BCUT2D eigenvalue weighted by Crippen LogP contribution is 2.33. The number of benzene rings is 1. The number of pyridine rings is 1. The molecule has 0 bridgehead atoms. The number of aromatic nitrogens is 1. The Hall–Kier alpha value is -3.04. The number of anilines is 3. The van der Waals surface area contributed by atoms with Crippen LogP contribution in [0.3, 0.4) is 0 Å². The fourth-order valence-electron chi connectivity index (χ4n) is 3.74. The molecule has 2 heterocycles. The van der Waals surface area contributed by atoms with E-state index in [1.54, 1.807) is 25.3 Å². The van der Waals surface area contributed by atoms with Crippen LogP contribution in [0.5, 0.6) is 0 Å². The smallest absolute Gasteiger partial charge is 0.356 e. The largest absolute Gasteiger partial charge is 0.464 e. The minimum absolute atomic E-state index is 0.0636. The Labute approximate surface area is 194 Å². The summed E-state index contributed by atoms with van der Waals surface area (Å²) in [4.78, 5) is 21.4. The summed E-state index contributed by atoms with van der Waals surface area (Å²) >= 11 is 0. The van der Waals surface area contributed by atoms with E-state index >= 15 is 0 Å². The monoisotopic (exact) mass is 457 g/mol. The normalized spacial score (nSPS) is 14.4. The lowest BCUT2D eigenvalue weighted by atomic mass is 9.97. The second-order valence-corrected chi connectivity index (χ2v) is 8.26. The first kappa shape index (κ1) is 24.6. The van der Waals surface area contributed by atoms with Crippen molar-refractivity contribution in [2.75, 3.05) is 63.8 Å². The van der Waals surface area contributed by atoms with Crippen LogP contribution in [-0.2, 0) is 9.47 Å². The SMILES string of the molecule is COCCN1CCN(c2cc(C(=O)OC)nc(Nc3ccc(F)cc3)c2C(=N)C(C)C)CC1. The molecule has 0 aliphatic carbocycles. The van der Waals surface area contributed by atoms with Gasteiger partial charge in [0.05, 0.1) is 25.0 Å². The summed E-state index contributed by atoms with van der Waals surface area (Å²) in [6.07, 6.45) is 0. The molecule has 0 saturated carbocycles. The van der Waals surface area contributed by atoms with Gasteiger partial charge in [-0.1, -0.05) is 13.8 Å². The van der Waals surface area contributed by atoms with Gasteiger partial charge in [-0.2, -0.15) is 0 Å². The van der Waals surface area contributed by atoms with Crippen molar-refractivity contribution in [1.82, 2.24) is 9.88 Å². The lowest BCUT2D eigenvalue weighted by Gasteiger charge is -2.37. The molecule has 3 rings (SSSR count). The average Bonchev–Trinajstić information content (AvgIpc) is 2.83. The van der Waals surface area contributed by atoms with Crippen molar-refractivity contribution in [1.29, 1.82) is 5.41 Å². The number of rotatable bonds is 9. The van der Waals surface area contributed by atoms with Gasteiger partial charge >= 0.3 is 5.97 Å². The molecule has 0 atom stereocenters. The van der Waals surface area contributed by atoms with Gasteiger partial charge in [0.2, 0.25) is 0 Å². The van der Waals surface area contributed by atoms with Crippen LogP contribution in [0.25, 0.3) is 0 Å². The number of hydrogen-bond donors (Lipinski definition) is 2. The molecule has 0 spiro atoms. The molecule has 1 saturated heterocycles. The van der Waals surface area contributed by atoms with Crippen LogP contribution in [0.4, 0.5) is 21.6 Å². The standard InChI is InChI=1S/C24H32FN5O3/c1-16(2)22(26)21-20(30-11-9-29(10-12-30)13-14-32-3)15-19(24(31)33-4)28-23(21)27-18-7-5-17(25)6-8-18/h5-8,15-16,26H,9-14H2,1-4H3,(H,27,28). The van der Waals surface area contributed by atoms with Gasteiger partial charge in [0, 0.05) is 51.2 Å². The molecule has 1 fully saturated rings. The maximum Gasteiger partial charge on any atom is 0.356 e. The highest BCUT2D eigenvalue weighted by molar-refractivity contribution is 6.09. The molecule has 1 aliphatic heterocycles. The van der Waals surface area contributed by atoms with Crippen LogP contribution < -0.4 is 10.2 Å². The zero-order valence-electron chi connectivity index (χ0n) is 19.7. The summed E-state index contributed by atoms with van der Waals surface area (Å²) in [6.45, 7) is 8.60. The maximum atomic E-state index is 13.4. The van der Waals surface area contributed by atoms with E-state index in [0.29, 0.717) is 29.4 Å². The van der Waals surface area contributed by atoms with Crippen molar-refractivity contribution in [3.63, 3.8) is 0 Å². The third-order valence-electron chi connectivity index (χ3n) is 5.67. The van der Waals surface area contributed by atoms with Crippen LogP contribution in [0.2, 0.25) is 0 Å². The molecular weight excluding hydrogens is 425 g/mol. The van der Waals surface area contributed by atoms with Crippen molar-refractivity contribution in [3.8, 4) is 0 Å². The first-order valence-electron chi connectivity index (χ1n) is 11.0. The Bertz CT molecular complexity index is 973. The third kappa shape index (κ3) is 6.06. The minimum Gasteiger partial charge on any atom is -0.464 e. The molecule has 8 nitrogen and oxygen atoms in total. The van der Waals surface area contributed by atoms with Crippen molar-refractivity contribution < 1.29 is 18.7 Å². The number of esters is 1. The van der Waals surface area contributed by atoms with Gasteiger partial charge in [0.15, 0.2) is 5.69 Å². The lowest BCUT2D eigenvalue weighted by molar-refractivity contribution is 0.0594. The van der Waals surface area contributed by atoms with E-state index in [-0.39, 0.29) is 17.4 Å². The lowest BCUT2D eigenvalue weighted by Crippen LogP contribution is -2.47. The molecular formula is C24H32FN5O3. The summed E-state index contributed by atoms with van der Waals surface area (Å²) in [5.41, 5.74) is 2.56. The van der Waals surface area contributed by atoms with Crippen molar-refractivity contribution in [2.24, 2.45) is 5.92 Å². The minimum atomic E-state index is -0.556. The molecule has 2 N–H and O–H groups in total. The predicted molar refractivity (Wildman–Crippen MR) is 127 cm³/mol. The number of halogens is 1. The van der Waals surface area contributed by atoms with Gasteiger partial charge in [0.25, 0.3) is 0 Å². The second-order valence-electron chi connectivity index (χ2n) is 8.26. The van der Waals surface area contributed by atoms with Crippen LogP contribution in [0.15, 0.2) is 30.3 Å². The first-order chi connectivity index (χ1) is 15.8. The van der Waals surface area contributed by atoms with E-state index in [4.69, 9.17) is 14.9 Å². The highest BCUT2D eigenvalue weighted by atomic mass is 19.1. The van der Waals surface area contributed by atoms with E-state index in [0.717, 1.165) is 38.4 Å². The summed E-state index contributed by atoms with van der Waals surface area (Å²) in [7, 11) is 3.01. The molecule has 0 radical (unpaired) electrons. The number of carbonyl (C=O) groups is 1. The maximum absolute atomic E-state index is 13.4. The van der Waals surface area contributed by atoms with E-state index in [1.165, 1.54) is 19.2 Å². The van der Waals surface area contributed by atoms with E-state index < -0.39 is 5.97 Å². The third-order valence-corrected chi connectivity index (χ3v) is 5.67. The topological polar surface area (TPSA) is 90.8 Å². The van der Waals surface area contributed by atoms with Gasteiger partial charge in [-0.25, -0.2) is 14.2 Å². The quantitative estimate of drug-likeness (QED) is 0.440. The fraction of sp³-hybridized carbons (Fsp3) is 0.458. The Balaban J connectivity index is 2.04. The second kappa shape index (κ2) is 11.2. The summed E-state index contributed by atoms with van der Waals surface area (Å²) in [5.74, 6) is -0.593. The van der Waals surface area contributed by atoms with Crippen LogP contribution in [0, 0.1) is 17.1 Å². The number of ether oxygens (including phenoxy) is 2. The van der Waals surface area contributed by atoms with Gasteiger partial charge in [-0.3, -0.25) is 4.90 Å². The predicted octanol–water partition coefficient (Wildman–Crippen LogP) is 3.54. The van der Waals surface area contributed by atoms with Gasteiger partial charge in [0.1, 0.15) is 11.6 Å². The van der Waals surface area contributed by atoms with Gasteiger partial charge in [-0.05, 0) is 36.2 Å². The molecule has 2 aromatic rings. The zero-order chi connectivity index (χ0) is 24.0. The zero-order valence-corrected chi connectivity index (χ0v) is 19.7. The van der Waals surface area contributed by atoms with Crippen molar-refractivity contribution in [3.05, 3.63) is 47.4 Å². The number of hydrogen-bond acceptors (Lipinski definition) is 8. The van der Waals surface area contributed by atoms with Gasteiger partial charge in [-0.15, -0.1) is 0 Å². The Morgan fingerprint density at radius 2 is 1.85 bits per heavy atom. The number of carbonyl (C=O) groups excluding carboxylic acids is 1. The number of nitrogens with one attached hydrogen (secondary N) is 2. The fourth-order valence-corrected chi connectivity index (χ4v) is 3.74. The molecule has 1 aromatic carbocycles. The van der Waals surface area contributed by atoms with Crippen LogP contribution >= 0.6 is 0 Å². The molecule has 1 aromatic heterocycles. The van der Waals surface area contributed by atoms with Crippen LogP contribution in [-0.4, -0.2) is 75.1 Å². The molecule has 33 heavy (non-hydrogen) atoms. The Kier molecular flexibility index (Phi) is 8.35. The van der Waals surface area contributed by atoms with E-state index in [2.05, 4.69) is 20.1 Å². The highest BCUT2D eigenvalue weighted by Gasteiger charge is 2.27. The van der Waals surface area contributed by atoms with Crippen molar-refractivity contribution >= 4 is 28.9 Å². The summed E-state index contributed by atoms with van der Waals surface area (Å²) < 4.78 is 23.5. The number of nitrogens with zero attached hydrogens (tertiary/aromatic N) is 3. The summed E-state index contributed by atoms with van der Waals surface area (Å²) in [5, 5.41) is 12.0. The molecule has 0 unspecified atom stereocenters. The van der Waals surface area contributed by atoms with Crippen molar-refractivity contribution in [2.45, 2.75) is 13.8 Å². The molecule has 1 aliphatic rings. The molecule has 9 heteroatoms. The Morgan fingerprint density at radius 3 is 2.42 bits per heavy atom. The number of methoxy groups -OCH3 is 2. The van der Waals surface area contributed by atoms with E-state index in [1.807, 2.05) is 13.8 Å². The van der Waals surface area contributed by atoms with E-state index in [9.17, 15) is 9.18 Å². The Morgan fingerprint density at radius 1 is 1.18 bits per heavy atom. The molecule has 0 amide bonds. The van der Waals surface area contributed by atoms with Gasteiger partial charge < -0.3 is 25.1 Å². The number of piperazine rings is 1. The van der Waals surface area contributed by atoms with Crippen LogP contribution in [0.1, 0.15) is 29.9 Å². The first-order valence-corrected chi connectivity index (χ1v) is 11.0. The average molecular weight is 458 g/mol. The summed E-state index contributed by atoms with van der Waals surface area (Å²) in [6, 6.07) is 7.59. The molecule has 178 valence electrons.